The first-order valence-electron chi connectivity index (χ1n) is 9.83. The predicted octanol–water partition coefficient (Wildman–Crippen LogP) is 3.54. The average Bonchev–Trinajstić information content (AvgIpc) is 3.44. The summed E-state index contributed by atoms with van der Waals surface area (Å²) in [5.41, 5.74) is 7.35. The fourth-order valence-electron chi connectivity index (χ4n) is 4.33. The van der Waals surface area contributed by atoms with Crippen LogP contribution in [0.3, 0.4) is 0 Å². The highest BCUT2D eigenvalue weighted by Gasteiger charge is 2.70. The van der Waals surface area contributed by atoms with Crippen molar-refractivity contribution in [2.45, 2.75) is 42.2 Å². The molecule has 1 aliphatic carbocycles. The smallest absolute Gasteiger partial charge is 0.168 e. The molecule has 0 unspecified atom stereocenters. The van der Waals surface area contributed by atoms with Crippen LogP contribution in [0.25, 0.3) is 10.9 Å². The van der Waals surface area contributed by atoms with Crippen LogP contribution in [0.15, 0.2) is 47.7 Å². The zero-order valence-corrected chi connectivity index (χ0v) is 18.5. The summed E-state index contributed by atoms with van der Waals surface area (Å²) in [7, 11) is -3.60. The Hall–Kier alpha value is -2.58. The number of amidine groups is 1. The Kier molecular flexibility index (Phi) is 4.24. The van der Waals surface area contributed by atoms with Crippen LogP contribution in [0.1, 0.15) is 37.1 Å². The van der Waals surface area contributed by atoms with Gasteiger partial charge in [0.15, 0.2) is 9.84 Å². The van der Waals surface area contributed by atoms with Crippen LogP contribution < -0.4 is 5.73 Å². The topological polar surface area (TPSA) is 98.3 Å². The van der Waals surface area contributed by atoms with E-state index in [0.29, 0.717) is 17.0 Å². The monoisotopic (exact) mass is 458 g/mol. The number of benzene rings is 1. The van der Waals surface area contributed by atoms with Crippen molar-refractivity contribution in [1.82, 2.24) is 9.97 Å². The highest BCUT2D eigenvalue weighted by molar-refractivity contribution is 7.94. The molecule has 0 amide bonds. The first kappa shape index (κ1) is 20.3. The molecule has 1 fully saturated rings. The second-order valence-electron chi connectivity index (χ2n) is 8.64. The third-order valence-electron chi connectivity index (χ3n) is 6.40. The fourth-order valence-corrected chi connectivity index (χ4v) is 6.71. The lowest BCUT2D eigenvalue weighted by Gasteiger charge is -2.31. The lowest BCUT2D eigenvalue weighted by molar-refractivity contribution is 0.546. The third-order valence-corrected chi connectivity index (χ3v) is 9.55. The molecule has 1 saturated carbocycles. The maximum atomic E-state index is 14.9. The number of pyridine rings is 2. The van der Waals surface area contributed by atoms with Crippen molar-refractivity contribution in [3.63, 3.8) is 0 Å². The zero-order chi connectivity index (χ0) is 22.2. The molecule has 2 aliphatic rings. The Morgan fingerprint density at radius 2 is 2.00 bits per heavy atom. The van der Waals surface area contributed by atoms with Crippen molar-refractivity contribution in [2.24, 2.45) is 10.7 Å². The van der Waals surface area contributed by atoms with Crippen molar-refractivity contribution < 1.29 is 12.8 Å². The van der Waals surface area contributed by atoms with Gasteiger partial charge < -0.3 is 5.73 Å². The van der Waals surface area contributed by atoms with Gasteiger partial charge in [0.2, 0.25) is 0 Å². The number of nitrogens with two attached hydrogens (primary N) is 1. The van der Waals surface area contributed by atoms with Crippen molar-refractivity contribution in [3.05, 3.63) is 70.4 Å². The summed E-state index contributed by atoms with van der Waals surface area (Å²) in [5, 5.41) is 0.620. The fraction of sp³-hybridized carbons (Fsp3) is 0.318. The number of hydrogen-bond donors (Lipinski definition) is 1. The second kappa shape index (κ2) is 6.46. The molecule has 3 aromatic rings. The van der Waals surface area contributed by atoms with Crippen LogP contribution in [0.4, 0.5) is 4.39 Å². The number of rotatable bonds is 3. The van der Waals surface area contributed by atoms with Crippen molar-refractivity contribution in [2.75, 3.05) is 0 Å². The number of halogens is 2. The molecular weight excluding hydrogens is 439 g/mol. The molecule has 160 valence electrons. The Labute approximate surface area is 184 Å². The summed E-state index contributed by atoms with van der Waals surface area (Å²) >= 11 is 6.03. The minimum Gasteiger partial charge on any atom is -0.386 e. The Morgan fingerprint density at radius 1 is 1.23 bits per heavy atom. The number of fused-ring (bicyclic) bond motifs is 2. The third kappa shape index (κ3) is 2.88. The molecule has 0 spiro atoms. The van der Waals surface area contributed by atoms with Gasteiger partial charge >= 0.3 is 0 Å². The van der Waals surface area contributed by atoms with Gasteiger partial charge in [0.25, 0.3) is 0 Å². The van der Waals surface area contributed by atoms with Crippen LogP contribution in [-0.4, -0.2) is 34.2 Å². The summed E-state index contributed by atoms with van der Waals surface area (Å²) < 4.78 is 39.7. The Bertz CT molecular complexity index is 1390. The highest BCUT2D eigenvalue weighted by Crippen LogP contribution is 2.59. The van der Waals surface area contributed by atoms with Gasteiger partial charge in [-0.2, -0.15) is 0 Å². The van der Waals surface area contributed by atoms with Gasteiger partial charge in [-0.1, -0.05) is 17.7 Å². The molecule has 2 atom stereocenters. The number of aliphatic imine (C=N–C) groups is 1. The molecule has 0 saturated heterocycles. The molecule has 0 bridgehead atoms. The van der Waals surface area contributed by atoms with Crippen LogP contribution in [0, 0.1) is 5.82 Å². The van der Waals surface area contributed by atoms with E-state index < -0.39 is 31.2 Å². The summed E-state index contributed by atoms with van der Waals surface area (Å²) in [6.45, 7) is 3.09. The number of hydrogen-bond acceptors (Lipinski definition) is 6. The predicted molar refractivity (Wildman–Crippen MR) is 118 cm³/mol. The van der Waals surface area contributed by atoms with Gasteiger partial charge in [0.05, 0.1) is 21.5 Å². The lowest BCUT2D eigenvalue weighted by Crippen LogP contribution is -2.51. The number of sulfone groups is 1. The SMILES string of the molecule is CC1(C)C(N)=N[C@@]2(c3cc(Cc4nccc5cc(Cl)cnc45)ccc3F)C[C@H]2S1(=O)=O. The van der Waals surface area contributed by atoms with E-state index in [9.17, 15) is 12.8 Å². The van der Waals surface area contributed by atoms with Gasteiger partial charge in [-0.05, 0) is 50.1 Å². The largest absolute Gasteiger partial charge is 0.386 e. The molecule has 5 rings (SSSR count). The second-order valence-corrected chi connectivity index (χ2v) is 11.8. The van der Waals surface area contributed by atoms with E-state index in [4.69, 9.17) is 17.3 Å². The van der Waals surface area contributed by atoms with Gasteiger partial charge in [-0.25, -0.2) is 12.8 Å². The summed E-state index contributed by atoms with van der Waals surface area (Å²) in [5.74, 6) is -0.476. The average molecular weight is 459 g/mol. The van der Waals surface area contributed by atoms with Gasteiger partial charge in [0, 0.05) is 29.8 Å². The van der Waals surface area contributed by atoms with Crippen molar-refractivity contribution >= 4 is 38.2 Å². The van der Waals surface area contributed by atoms with Gasteiger partial charge in [0.1, 0.15) is 21.9 Å². The molecule has 3 heterocycles. The summed E-state index contributed by atoms with van der Waals surface area (Å²) in [6.07, 6.45) is 3.87. The normalized spacial score (nSPS) is 25.7. The van der Waals surface area contributed by atoms with E-state index >= 15 is 0 Å². The molecule has 0 radical (unpaired) electrons. The van der Waals surface area contributed by atoms with Crippen molar-refractivity contribution in [3.8, 4) is 0 Å². The molecule has 2 N–H and O–H groups in total. The standard InChI is InChI=1S/C22H20ClFN4O2S/c1-21(2)20(25)28-22(10-18(22)31(21,29)30)15-7-12(3-4-16(15)24)8-17-19-13(5-6-26-17)9-14(23)11-27-19/h3-7,9,11,18H,8,10H2,1-2H3,(H2,25,28)/t18-,22-/m1/s1. The number of nitrogens with zero attached hydrogens (tertiary/aromatic N) is 3. The van der Waals surface area contributed by atoms with Crippen LogP contribution >= 0.6 is 11.6 Å². The summed E-state index contributed by atoms with van der Waals surface area (Å²) in [4.78, 5) is 13.3. The van der Waals surface area contributed by atoms with Crippen molar-refractivity contribution in [1.29, 1.82) is 0 Å². The minimum absolute atomic E-state index is 0.0165. The van der Waals surface area contributed by atoms with E-state index in [1.165, 1.54) is 6.07 Å². The van der Waals surface area contributed by atoms with E-state index in [-0.39, 0.29) is 17.8 Å². The molecular formula is C22H20ClFN4O2S. The van der Waals surface area contributed by atoms with E-state index in [1.54, 1.807) is 38.4 Å². The molecule has 1 aromatic carbocycles. The molecule has 2 aromatic heterocycles. The lowest BCUT2D eigenvalue weighted by atomic mass is 9.98. The molecule has 31 heavy (non-hydrogen) atoms. The quantitative estimate of drug-likeness (QED) is 0.647. The first-order chi connectivity index (χ1) is 14.6. The Balaban J connectivity index is 1.58. The first-order valence-corrected chi connectivity index (χ1v) is 11.8. The van der Waals surface area contributed by atoms with Crippen LogP contribution in [0.2, 0.25) is 5.02 Å². The molecule has 9 heteroatoms. The van der Waals surface area contributed by atoms with Crippen LogP contribution in [-0.2, 0) is 21.8 Å². The maximum Gasteiger partial charge on any atom is 0.168 e. The maximum absolute atomic E-state index is 14.9. The van der Waals surface area contributed by atoms with Crippen LogP contribution in [0.5, 0.6) is 0 Å². The molecule has 1 aliphatic heterocycles. The molecule has 6 nitrogen and oxygen atoms in total. The number of aromatic nitrogens is 2. The van der Waals surface area contributed by atoms with E-state index in [2.05, 4.69) is 15.0 Å². The van der Waals surface area contributed by atoms with E-state index in [1.807, 2.05) is 12.1 Å². The van der Waals surface area contributed by atoms with Gasteiger partial charge in [-0.15, -0.1) is 0 Å². The highest BCUT2D eigenvalue weighted by atomic mass is 35.5. The summed E-state index contributed by atoms with van der Waals surface area (Å²) in [6, 6.07) is 8.33. The van der Waals surface area contributed by atoms with Gasteiger partial charge in [-0.3, -0.25) is 15.0 Å². The minimum atomic E-state index is -3.60. The zero-order valence-electron chi connectivity index (χ0n) is 16.9. The van der Waals surface area contributed by atoms with E-state index in [0.717, 1.165) is 16.6 Å². The Morgan fingerprint density at radius 3 is 2.77 bits per heavy atom.